The van der Waals surface area contributed by atoms with Crippen LogP contribution in [0.3, 0.4) is 0 Å². The van der Waals surface area contributed by atoms with E-state index in [2.05, 4.69) is 60.8 Å². The minimum absolute atomic E-state index is 0.357. The van der Waals surface area contributed by atoms with Crippen molar-refractivity contribution < 1.29 is 0 Å². The third-order valence-electron chi connectivity index (χ3n) is 4.12. The molecule has 2 heterocycles. The molecule has 3 rings (SSSR count). The molecule has 0 atom stereocenters. The summed E-state index contributed by atoms with van der Waals surface area (Å²) in [6.07, 6.45) is 1.18. The highest BCUT2D eigenvalue weighted by Gasteiger charge is 2.25. The predicted octanol–water partition coefficient (Wildman–Crippen LogP) is 3.42. The summed E-state index contributed by atoms with van der Waals surface area (Å²) >= 11 is 2.06. The van der Waals surface area contributed by atoms with Crippen LogP contribution >= 0.6 is 11.8 Å². The van der Waals surface area contributed by atoms with Crippen LogP contribution in [0.25, 0.3) is 10.8 Å². The van der Waals surface area contributed by atoms with Gasteiger partial charge in [-0.3, -0.25) is 0 Å². The molecule has 21 heavy (non-hydrogen) atoms. The monoisotopic (exact) mass is 301 g/mol. The van der Waals surface area contributed by atoms with Gasteiger partial charge in [-0.1, -0.05) is 38.1 Å². The molecule has 2 N–H and O–H groups in total. The van der Waals surface area contributed by atoms with Crippen molar-refractivity contribution in [2.24, 2.45) is 5.73 Å². The van der Waals surface area contributed by atoms with Gasteiger partial charge < -0.3 is 10.6 Å². The smallest absolute Gasteiger partial charge is 0.136 e. The molecule has 3 nitrogen and oxygen atoms in total. The highest BCUT2D eigenvalue weighted by atomic mass is 32.2. The lowest BCUT2D eigenvalue weighted by atomic mass is 10.1. The molecule has 0 bridgehead atoms. The summed E-state index contributed by atoms with van der Waals surface area (Å²) in [4.78, 5) is 7.26. The van der Waals surface area contributed by atoms with E-state index in [0.717, 1.165) is 30.4 Å². The number of rotatable bonds is 2. The van der Waals surface area contributed by atoms with Crippen LogP contribution in [-0.2, 0) is 6.54 Å². The molecule has 1 aromatic carbocycles. The zero-order chi connectivity index (χ0) is 14.9. The average Bonchev–Trinajstić information content (AvgIpc) is 2.67. The van der Waals surface area contributed by atoms with Crippen molar-refractivity contribution in [2.75, 3.05) is 23.7 Å². The first kappa shape index (κ1) is 14.7. The molecule has 1 aromatic heterocycles. The molecule has 1 saturated heterocycles. The van der Waals surface area contributed by atoms with Crippen LogP contribution < -0.4 is 10.6 Å². The summed E-state index contributed by atoms with van der Waals surface area (Å²) in [5.41, 5.74) is 6.80. The fraction of sp³-hybridized carbons (Fsp3) is 0.471. The summed E-state index contributed by atoms with van der Waals surface area (Å²) in [7, 11) is 0. The summed E-state index contributed by atoms with van der Waals surface area (Å²) in [6, 6.07) is 10.6. The van der Waals surface area contributed by atoms with E-state index in [1.807, 2.05) is 0 Å². The second-order valence-electron chi connectivity index (χ2n) is 6.21. The lowest BCUT2D eigenvalue weighted by Crippen LogP contribution is -2.28. The first-order chi connectivity index (χ1) is 10.1. The summed E-state index contributed by atoms with van der Waals surface area (Å²) in [6.45, 7) is 7.28. The second-order valence-corrected chi connectivity index (χ2v) is 8.01. The number of hydrogen-bond acceptors (Lipinski definition) is 4. The maximum Gasteiger partial charge on any atom is 0.136 e. The third-order valence-corrected chi connectivity index (χ3v) is 5.49. The molecule has 1 aliphatic heterocycles. The van der Waals surface area contributed by atoms with Gasteiger partial charge in [0.2, 0.25) is 0 Å². The normalized spacial score (nSPS) is 18.7. The third kappa shape index (κ3) is 3.16. The van der Waals surface area contributed by atoms with Crippen LogP contribution in [0.5, 0.6) is 0 Å². The minimum atomic E-state index is 0.357. The SMILES string of the molecule is CC1(C)CCN(c2nc(CN)cc3ccccc23)CCS1. The number of hydrogen-bond donors (Lipinski definition) is 1. The zero-order valence-corrected chi connectivity index (χ0v) is 13.6. The van der Waals surface area contributed by atoms with Gasteiger partial charge in [-0.05, 0) is 17.9 Å². The maximum atomic E-state index is 5.83. The first-order valence-electron chi connectivity index (χ1n) is 7.57. The molecule has 0 saturated carbocycles. The Labute approximate surface area is 130 Å². The standard InChI is InChI=1S/C17H23N3S/c1-17(2)7-8-20(9-10-21-17)16-15-6-4-3-5-13(15)11-14(12-18)19-16/h3-6,11H,7-10,12,18H2,1-2H3. The Kier molecular flexibility index (Phi) is 4.09. The number of thioether (sulfide) groups is 1. The van der Waals surface area contributed by atoms with Gasteiger partial charge in [0.1, 0.15) is 5.82 Å². The van der Waals surface area contributed by atoms with Gasteiger partial charge in [-0.15, -0.1) is 0 Å². The lowest BCUT2D eigenvalue weighted by molar-refractivity contribution is 0.635. The molecule has 112 valence electrons. The Morgan fingerprint density at radius 2 is 2.10 bits per heavy atom. The number of aromatic nitrogens is 1. The van der Waals surface area contributed by atoms with E-state index in [1.165, 1.54) is 17.2 Å². The molecule has 0 amide bonds. The van der Waals surface area contributed by atoms with Crippen LogP contribution in [0, 0.1) is 0 Å². The van der Waals surface area contributed by atoms with Gasteiger partial charge in [0, 0.05) is 35.5 Å². The van der Waals surface area contributed by atoms with Gasteiger partial charge in [0.05, 0.1) is 5.69 Å². The van der Waals surface area contributed by atoms with Gasteiger partial charge in [0.15, 0.2) is 0 Å². The van der Waals surface area contributed by atoms with Crippen molar-refractivity contribution in [2.45, 2.75) is 31.6 Å². The molecule has 0 aliphatic carbocycles. The number of benzene rings is 1. The van der Waals surface area contributed by atoms with E-state index in [4.69, 9.17) is 10.7 Å². The number of fused-ring (bicyclic) bond motifs is 1. The molecule has 1 fully saturated rings. The van der Waals surface area contributed by atoms with Crippen molar-refractivity contribution in [3.63, 3.8) is 0 Å². The van der Waals surface area contributed by atoms with E-state index in [-0.39, 0.29) is 0 Å². The zero-order valence-electron chi connectivity index (χ0n) is 12.8. The molecule has 0 unspecified atom stereocenters. The maximum absolute atomic E-state index is 5.83. The highest BCUT2D eigenvalue weighted by molar-refractivity contribution is 8.00. The minimum Gasteiger partial charge on any atom is -0.355 e. The summed E-state index contributed by atoms with van der Waals surface area (Å²) < 4.78 is 0.357. The molecule has 2 aromatic rings. The number of nitrogens with two attached hydrogens (primary N) is 1. The highest BCUT2D eigenvalue weighted by Crippen LogP contribution is 2.34. The Morgan fingerprint density at radius 1 is 1.29 bits per heavy atom. The molecule has 1 aliphatic rings. The second kappa shape index (κ2) is 5.85. The Morgan fingerprint density at radius 3 is 2.90 bits per heavy atom. The fourth-order valence-electron chi connectivity index (χ4n) is 2.81. The fourth-order valence-corrected chi connectivity index (χ4v) is 3.91. The largest absolute Gasteiger partial charge is 0.355 e. The van der Waals surface area contributed by atoms with Crippen LogP contribution in [0.15, 0.2) is 30.3 Å². The van der Waals surface area contributed by atoms with Crippen LogP contribution in [0.4, 0.5) is 5.82 Å². The van der Waals surface area contributed by atoms with Crippen molar-refractivity contribution >= 4 is 28.4 Å². The van der Waals surface area contributed by atoms with Crippen molar-refractivity contribution in [3.8, 4) is 0 Å². The quantitative estimate of drug-likeness (QED) is 0.923. The molecular weight excluding hydrogens is 278 g/mol. The van der Waals surface area contributed by atoms with E-state index < -0.39 is 0 Å². The van der Waals surface area contributed by atoms with E-state index in [0.29, 0.717) is 11.3 Å². The topological polar surface area (TPSA) is 42.2 Å². The lowest BCUT2D eigenvalue weighted by Gasteiger charge is -2.25. The Bertz CT molecular complexity index is 639. The van der Waals surface area contributed by atoms with Crippen LogP contribution in [-0.4, -0.2) is 28.6 Å². The molecule has 4 heteroatoms. The molecule has 0 radical (unpaired) electrons. The number of anilines is 1. The number of pyridine rings is 1. The van der Waals surface area contributed by atoms with Crippen molar-refractivity contribution in [3.05, 3.63) is 36.0 Å². The average molecular weight is 301 g/mol. The summed E-state index contributed by atoms with van der Waals surface area (Å²) in [5.74, 6) is 2.25. The van der Waals surface area contributed by atoms with Crippen molar-refractivity contribution in [1.82, 2.24) is 4.98 Å². The van der Waals surface area contributed by atoms with Gasteiger partial charge in [0.25, 0.3) is 0 Å². The van der Waals surface area contributed by atoms with Crippen molar-refractivity contribution in [1.29, 1.82) is 0 Å². The van der Waals surface area contributed by atoms with E-state index in [1.54, 1.807) is 0 Å². The van der Waals surface area contributed by atoms with E-state index in [9.17, 15) is 0 Å². The van der Waals surface area contributed by atoms with Crippen LogP contribution in [0.2, 0.25) is 0 Å². The molecular formula is C17H23N3S. The van der Waals surface area contributed by atoms with Crippen LogP contribution in [0.1, 0.15) is 26.0 Å². The first-order valence-corrected chi connectivity index (χ1v) is 8.55. The Hall–Kier alpha value is -1.26. The number of nitrogens with zero attached hydrogens (tertiary/aromatic N) is 2. The van der Waals surface area contributed by atoms with Gasteiger partial charge in [-0.25, -0.2) is 4.98 Å². The van der Waals surface area contributed by atoms with Gasteiger partial charge >= 0.3 is 0 Å². The Balaban J connectivity index is 2.02. The van der Waals surface area contributed by atoms with E-state index >= 15 is 0 Å². The summed E-state index contributed by atoms with van der Waals surface area (Å²) in [5, 5.41) is 2.47. The molecule has 0 spiro atoms. The van der Waals surface area contributed by atoms with Gasteiger partial charge in [-0.2, -0.15) is 11.8 Å². The predicted molar refractivity (Wildman–Crippen MR) is 93.0 cm³/mol.